The Morgan fingerprint density at radius 3 is 2.95 bits per heavy atom. The van der Waals surface area contributed by atoms with E-state index in [1.807, 2.05) is 11.8 Å². The predicted molar refractivity (Wildman–Crippen MR) is 76.9 cm³/mol. The largest absolute Gasteiger partial charge is 0.492 e. The average Bonchev–Trinajstić information content (AvgIpc) is 2.40. The lowest BCUT2D eigenvalue weighted by atomic mass is 9.99. The molecule has 3 nitrogen and oxygen atoms in total. The van der Waals surface area contributed by atoms with Crippen LogP contribution in [0.1, 0.15) is 37.0 Å². The van der Waals surface area contributed by atoms with Gasteiger partial charge in [0.25, 0.3) is 5.91 Å². The third kappa shape index (κ3) is 3.41. The van der Waals surface area contributed by atoms with Crippen molar-refractivity contribution in [3.63, 3.8) is 0 Å². The molecule has 2 rings (SSSR count). The molecule has 104 valence electrons. The molecule has 1 amide bonds. The van der Waals surface area contributed by atoms with Crippen LogP contribution in [0.15, 0.2) is 18.2 Å². The molecule has 0 bridgehead atoms. The average molecular weight is 282 g/mol. The highest BCUT2D eigenvalue weighted by Crippen LogP contribution is 2.27. The number of halogens is 1. The first-order valence-corrected chi connectivity index (χ1v) is 7.21. The molecule has 0 radical (unpaired) electrons. The van der Waals surface area contributed by atoms with Gasteiger partial charge >= 0.3 is 0 Å². The van der Waals surface area contributed by atoms with Crippen molar-refractivity contribution in [2.45, 2.75) is 26.7 Å². The van der Waals surface area contributed by atoms with Gasteiger partial charge in [0, 0.05) is 18.7 Å². The van der Waals surface area contributed by atoms with E-state index >= 15 is 0 Å². The minimum Gasteiger partial charge on any atom is -0.492 e. The van der Waals surface area contributed by atoms with E-state index < -0.39 is 0 Å². The van der Waals surface area contributed by atoms with Crippen molar-refractivity contribution in [1.29, 1.82) is 0 Å². The van der Waals surface area contributed by atoms with Crippen molar-refractivity contribution in [3.8, 4) is 5.75 Å². The Labute approximate surface area is 119 Å². The van der Waals surface area contributed by atoms with Crippen LogP contribution in [0, 0.1) is 5.92 Å². The summed E-state index contributed by atoms with van der Waals surface area (Å²) in [4.78, 5) is 14.3. The summed E-state index contributed by atoms with van der Waals surface area (Å²) in [5, 5.41) is 0.498. The number of hydrogen-bond donors (Lipinski definition) is 0. The highest BCUT2D eigenvalue weighted by atomic mass is 35.5. The molecule has 0 spiro atoms. The number of benzene rings is 1. The fourth-order valence-electron chi connectivity index (χ4n) is 2.46. The number of rotatable bonds is 3. The molecule has 4 heteroatoms. The Balaban J connectivity index is 2.12. The maximum absolute atomic E-state index is 12.4. The van der Waals surface area contributed by atoms with Gasteiger partial charge in [-0.05, 0) is 43.9 Å². The molecule has 0 aliphatic carbocycles. The van der Waals surface area contributed by atoms with E-state index in [0.717, 1.165) is 19.5 Å². The molecule has 1 aromatic carbocycles. The molecule has 1 atom stereocenters. The Hall–Kier alpha value is -1.22. The van der Waals surface area contributed by atoms with Crippen LogP contribution >= 0.6 is 11.6 Å². The number of carbonyl (C=O) groups is 1. The van der Waals surface area contributed by atoms with Gasteiger partial charge in [-0.25, -0.2) is 0 Å². The summed E-state index contributed by atoms with van der Waals surface area (Å²) in [5.41, 5.74) is 0.641. The summed E-state index contributed by atoms with van der Waals surface area (Å²) >= 11 is 6.12. The van der Waals surface area contributed by atoms with Crippen molar-refractivity contribution >= 4 is 17.5 Å². The number of likely N-dealkylation sites (tertiary alicyclic amines) is 1. The van der Waals surface area contributed by atoms with Gasteiger partial charge in [-0.3, -0.25) is 4.79 Å². The third-order valence-electron chi connectivity index (χ3n) is 3.42. The first-order chi connectivity index (χ1) is 9.11. The van der Waals surface area contributed by atoms with Crippen LogP contribution in [0.4, 0.5) is 0 Å². The van der Waals surface area contributed by atoms with E-state index in [2.05, 4.69) is 6.92 Å². The van der Waals surface area contributed by atoms with Crippen LogP contribution in [0.5, 0.6) is 5.75 Å². The fraction of sp³-hybridized carbons (Fsp3) is 0.533. The molecule has 1 heterocycles. The topological polar surface area (TPSA) is 29.5 Å². The molecule has 1 aromatic rings. The quantitative estimate of drug-likeness (QED) is 0.847. The lowest BCUT2D eigenvalue weighted by Crippen LogP contribution is -2.39. The van der Waals surface area contributed by atoms with E-state index in [1.54, 1.807) is 18.2 Å². The second-order valence-corrected chi connectivity index (χ2v) is 5.48. The van der Waals surface area contributed by atoms with Gasteiger partial charge in [0.15, 0.2) is 0 Å². The summed E-state index contributed by atoms with van der Waals surface area (Å²) in [6.07, 6.45) is 2.28. The van der Waals surface area contributed by atoms with Crippen LogP contribution < -0.4 is 4.74 Å². The predicted octanol–water partition coefficient (Wildman–Crippen LogP) is 3.61. The summed E-state index contributed by atoms with van der Waals surface area (Å²) in [6.45, 7) is 6.34. The van der Waals surface area contributed by atoms with Crippen LogP contribution in [-0.2, 0) is 0 Å². The first kappa shape index (κ1) is 14.2. The normalized spacial score (nSPS) is 19.3. The lowest BCUT2D eigenvalue weighted by Gasteiger charge is -2.31. The summed E-state index contributed by atoms with van der Waals surface area (Å²) in [6, 6.07) is 5.26. The highest BCUT2D eigenvalue weighted by Gasteiger charge is 2.22. The molecule has 0 aromatic heterocycles. The number of piperidine rings is 1. The van der Waals surface area contributed by atoms with Crippen molar-refractivity contribution in [3.05, 3.63) is 28.8 Å². The van der Waals surface area contributed by atoms with Crippen molar-refractivity contribution in [2.24, 2.45) is 5.92 Å². The van der Waals surface area contributed by atoms with Crippen molar-refractivity contribution < 1.29 is 9.53 Å². The van der Waals surface area contributed by atoms with Crippen molar-refractivity contribution in [1.82, 2.24) is 4.90 Å². The Kier molecular flexibility index (Phi) is 4.70. The van der Waals surface area contributed by atoms with Crippen LogP contribution in [-0.4, -0.2) is 30.5 Å². The van der Waals surface area contributed by atoms with Gasteiger partial charge < -0.3 is 9.64 Å². The number of carbonyl (C=O) groups excluding carboxylic acids is 1. The molecule has 1 fully saturated rings. The Bertz CT molecular complexity index is 461. The SMILES string of the molecule is CCOc1ccc(C(=O)N2CCC[C@@H](C)C2)cc1Cl. The lowest BCUT2D eigenvalue weighted by molar-refractivity contribution is 0.0683. The zero-order valence-corrected chi connectivity index (χ0v) is 12.2. The number of hydrogen-bond acceptors (Lipinski definition) is 2. The molecular weight excluding hydrogens is 262 g/mol. The second kappa shape index (κ2) is 6.29. The van der Waals surface area contributed by atoms with Gasteiger partial charge in [0.2, 0.25) is 0 Å². The molecule has 0 saturated carbocycles. The summed E-state index contributed by atoms with van der Waals surface area (Å²) in [5.74, 6) is 1.28. The van der Waals surface area contributed by atoms with E-state index in [0.29, 0.717) is 28.9 Å². The first-order valence-electron chi connectivity index (χ1n) is 6.83. The number of ether oxygens (including phenoxy) is 1. The summed E-state index contributed by atoms with van der Waals surface area (Å²) < 4.78 is 5.38. The number of nitrogens with zero attached hydrogens (tertiary/aromatic N) is 1. The third-order valence-corrected chi connectivity index (χ3v) is 3.72. The maximum atomic E-state index is 12.4. The highest BCUT2D eigenvalue weighted by molar-refractivity contribution is 6.32. The van der Waals surface area contributed by atoms with Gasteiger partial charge in [0.05, 0.1) is 11.6 Å². The molecule has 19 heavy (non-hydrogen) atoms. The standard InChI is InChI=1S/C15H20ClNO2/c1-3-19-14-7-6-12(9-13(14)16)15(18)17-8-4-5-11(2)10-17/h6-7,9,11H,3-5,8,10H2,1-2H3/t11-/m1/s1. The summed E-state index contributed by atoms with van der Waals surface area (Å²) in [7, 11) is 0. The van der Waals surface area contributed by atoms with Gasteiger partial charge in [0.1, 0.15) is 5.75 Å². The minimum absolute atomic E-state index is 0.0662. The monoisotopic (exact) mass is 281 g/mol. The van der Waals surface area contributed by atoms with E-state index in [-0.39, 0.29) is 5.91 Å². The number of amides is 1. The molecular formula is C15H20ClNO2. The van der Waals surface area contributed by atoms with E-state index in [9.17, 15) is 4.79 Å². The van der Waals surface area contributed by atoms with E-state index in [1.165, 1.54) is 6.42 Å². The zero-order valence-electron chi connectivity index (χ0n) is 11.5. The zero-order chi connectivity index (χ0) is 13.8. The van der Waals surface area contributed by atoms with E-state index in [4.69, 9.17) is 16.3 Å². The van der Waals surface area contributed by atoms with Crippen LogP contribution in [0.3, 0.4) is 0 Å². The molecule has 0 unspecified atom stereocenters. The minimum atomic E-state index is 0.0662. The van der Waals surface area contributed by atoms with Gasteiger partial charge in [-0.1, -0.05) is 18.5 Å². The smallest absolute Gasteiger partial charge is 0.253 e. The fourth-order valence-corrected chi connectivity index (χ4v) is 2.70. The van der Waals surface area contributed by atoms with Crippen molar-refractivity contribution in [2.75, 3.05) is 19.7 Å². The van der Waals surface area contributed by atoms with Gasteiger partial charge in [-0.2, -0.15) is 0 Å². The molecule has 1 saturated heterocycles. The van der Waals surface area contributed by atoms with Crippen LogP contribution in [0.2, 0.25) is 5.02 Å². The van der Waals surface area contributed by atoms with Crippen LogP contribution in [0.25, 0.3) is 0 Å². The Morgan fingerprint density at radius 1 is 1.53 bits per heavy atom. The second-order valence-electron chi connectivity index (χ2n) is 5.08. The Morgan fingerprint density at radius 2 is 2.32 bits per heavy atom. The molecule has 0 N–H and O–H groups in total. The maximum Gasteiger partial charge on any atom is 0.253 e. The molecule has 1 aliphatic heterocycles. The molecule has 1 aliphatic rings. The van der Waals surface area contributed by atoms with Gasteiger partial charge in [-0.15, -0.1) is 0 Å².